The first-order valence-corrected chi connectivity index (χ1v) is 10.8. The Balaban J connectivity index is 1.51. The number of para-hydroxylation sites is 2. The van der Waals surface area contributed by atoms with E-state index in [9.17, 15) is 19.5 Å². The first-order valence-electron chi connectivity index (χ1n) is 10.8. The molecule has 4 aromatic carbocycles. The van der Waals surface area contributed by atoms with E-state index in [2.05, 4.69) is 28.8 Å². The molecule has 1 aromatic heterocycles. The number of aromatic carboxylic acids is 1. The second-order valence-electron chi connectivity index (χ2n) is 8.25. The maximum Gasteiger partial charge on any atom is 0.335 e. The molecule has 0 saturated heterocycles. The predicted molar refractivity (Wildman–Crippen MR) is 131 cm³/mol. The molecule has 1 N–H and O–H groups in total. The number of nitrogens with zero attached hydrogens (tertiary/aromatic N) is 1. The summed E-state index contributed by atoms with van der Waals surface area (Å²) in [6, 6.07) is 28.1. The minimum absolute atomic E-state index is 0.0173. The van der Waals surface area contributed by atoms with Crippen LogP contribution in [0.4, 0.5) is 0 Å². The predicted octanol–water partition coefficient (Wildman–Crippen LogP) is 5.94. The van der Waals surface area contributed by atoms with E-state index in [1.807, 2.05) is 48.5 Å². The number of Topliss-reactive ketones (excluding diaryl/α,β-unsaturated/α-hetero) is 2. The second kappa shape index (κ2) is 7.39. The molecular formula is C29H17NO4. The van der Waals surface area contributed by atoms with Crippen molar-refractivity contribution in [1.82, 2.24) is 4.57 Å². The lowest BCUT2D eigenvalue weighted by Gasteiger charge is -2.07. The van der Waals surface area contributed by atoms with Crippen LogP contribution in [0, 0.1) is 0 Å². The zero-order valence-electron chi connectivity index (χ0n) is 17.9. The molecule has 5 aromatic rings. The molecule has 0 spiro atoms. The molecule has 1 aliphatic rings. The Morgan fingerprint density at radius 1 is 0.706 bits per heavy atom. The van der Waals surface area contributed by atoms with E-state index < -0.39 is 11.8 Å². The minimum atomic E-state index is -1.14. The zero-order chi connectivity index (χ0) is 23.4. The van der Waals surface area contributed by atoms with Crippen molar-refractivity contribution in [2.75, 3.05) is 0 Å². The van der Waals surface area contributed by atoms with E-state index in [1.54, 1.807) is 6.08 Å². The summed E-state index contributed by atoms with van der Waals surface area (Å²) in [6.07, 6.45) is 1.60. The van der Waals surface area contributed by atoms with Crippen LogP contribution in [0.3, 0.4) is 0 Å². The lowest BCUT2D eigenvalue weighted by Crippen LogP contribution is -2.01. The molecular weight excluding hydrogens is 426 g/mol. The van der Waals surface area contributed by atoms with Gasteiger partial charge >= 0.3 is 5.97 Å². The van der Waals surface area contributed by atoms with Crippen LogP contribution in [0.15, 0.2) is 96.6 Å². The quantitative estimate of drug-likeness (QED) is 0.276. The fourth-order valence-electron chi connectivity index (χ4n) is 4.69. The van der Waals surface area contributed by atoms with Crippen LogP contribution in [0.2, 0.25) is 0 Å². The van der Waals surface area contributed by atoms with Gasteiger partial charge in [-0.05, 0) is 60.2 Å². The molecule has 0 saturated carbocycles. The molecule has 1 heterocycles. The van der Waals surface area contributed by atoms with Gasteiger partial charge in [-0.2, -0.15) is 0 Å². The monoisotopic (exact) mass is 443 g/mol. The fraction of sp³-hybridized carbons (Fsp3) is 0. The number of rotatable bonds is 3. The smallest absolute Gasteiger partial charge is 0.335 e. The van der Waals surface area contributed by atoms with E-state index in [0.29, 0.717) is 0 Å². The number of allylic oxidation sites excluding steroid dienone is 1. The highest BCUT2D eigenvalue weighted by molar-refractivity contribution is 6.41. The van der Waals surface area contributed by atoms with Crippen molar-refractivity contribution in [3.63, 3.8) is 0 Å². The van der Waals surface area contributed by atoms with Crippen molar-refractivity contribution < 1.29 is 19.5 Å². The Kier molecular flexibility index (Phi) is 4.32. The largest absolute Gasteiger partial charge is 0.478 e. The molecule has 0 fully saturated rings. The van der Waals surface area contributed by atoms with Gasteiger partial charge in [0.25, 0.3) is 0 Å². The maximum absolute atomic E-state index is 13.0. The fourth-order valence-corrected chi connectivity index (χ4v) is 4.69. The third kappa shape index (κ3) is 2.91. The van der Waals surface area contributed by atoms with E-state index >= 15 is 0 Å². The Morgan fingerprint density at radius 3 is 2.21 bits per heavy atom. The molecule has 0 amide bonds. The summed E-state index contributed by atoms with van der Waals surface area (Å²) in [5, 5.41) is 11.3. The molecule has 0 bridgehead atoms. The van der Waals surface area contributed by atoms with E-state index in [-0.39, 0.29) is 28.0 Å². The molecule has 5 heteroatoms. The maximum atomic E-state index is 13.0. The molecule has 162 valence electrons. The lowest BCUT2D eigenvalue weighted by molar-refractivity contribution is 0.0696. The van der Waals surface area contributed by atoms with E-state index in [1.165, 1.54) is 18.2 Å². The third-order valence-corrected chi connectivity index (χ3v) is 6.27. The lowest BCUT2D eigenvalue weighted by atomic mass is 10.0. The van der Waals surface area contributed by atoms with Gasteiger partial charge in [0.2, 0.25) is 0 Å². The minimum Gasteiger partial charge on any atom is -0.478 e. The first-order chi connectivity index (χ1) is 16.5. The van der Waals surface area contributed by atoms with Crippen LogP contribution in [0.1, 0.15) is 36.6 Å². The van der Waals surface area contributed by atoms with Gasteiger partial charge in [-0.1, -0.05) is 42.5 Å². The number of carboxylic acids is 1. The highest BCUT2D eigenvalue weighted by Crippen LogP contribution is 2.34. The molecule has 0 unspecified atom stereocenters. The van der Waals surface area contributed by atoms with Gasteiger partial charge in [-0.25, -0.2) is 4.79 Å². The number of carbonyl (C=O) groups excluding carboxylic acids is 2. The Labute approximate surface area is 194 Å². The van der Waals surface area contributed by atoms with Gasteiger partial charge in [-0.15, -0.1) is 0 Å². The average Bonchev–Trinajstić information content (AvgIpc) is 3.31. The zero-order valence-corrected chi connectivity index (χ0v) is 17.9. The summed E-state index contributed by atoms with van der Waals surface area (Å²) in [5.41, 5.74) is 4.26. The van der Waals surface area contributed by atoms with Crippen LogP contribution >= 0.6 is 0 Å². The summed E-state index contributed by atoms with van der Waals surface area (Å²) in [4.78, 5) is 37.2. The number of aromatic nitrogens is 1. The highest BCUT2D eigenvalue weighted by atomic mass is 16.4. The molecule has 1 aliphatic carbocycles. The van der Waals surface area contributed by atoms with Crippen molar-refractivity contribution in [3.8, 4) is 5.69 Å². The molecule has 34 heavy (non-hydrogen) atoms. The van der Waals surface area contributed by atoms with Crippen LogP contribution in [0.25, 0.3) is 33.6 Å². The van der Waals surface area contributed by atoms with Crippen molar-refractivity contribution in [2.45, 2.75) is 0 Å². The van der Waals surface area contributed by atoms with Gasteiger partial charge in [0.15, 0.2) is 11.6 Å². The van der Waals surface area contributed by atoms with E-state index in [4.69, 9.17) is 0 Å². The van der Waals surface area contributed by atoms with Crippen molar-refractivity contribution in [3.05, 3.63) is 119 Å². The van der Waals surface area contributed by atoms with Gasteiger partial charge in [0.1, 0.15) is 0 Å². The third-order valence-electron chi connectivity index (χ3n) is 6.27. The van der Waals surface area contributed by atoms with Crippen LogP contribution in [0.5, 0.6) is 0 Å². The Hall–Kier alpha value is -4.77. The van der Waals surface area contributed by atoms with E-state index in [0.717, 1.165) is 33.1 Å². The number of hydrogen-bond donors (Lipinski definition) is 1. The average molecular weight is 443 g/mol. The summed E-state index contributed by atoms with van der Waals surface area (Å²) < 4.78 is 2.19. The standard InChI is InChI=1S/C29H17NO4/c31-27-21-12-11-18(29(33)34)16-23(21)28(32)24(27)15-17-10-13-26-22(14-17)20-8-4-5-9-25(20)30(26)19-6-2-1-3-7-19/h1-16H,(H,33,34). The number of hydrogen-bond acceptors (Lipinski definition) is 3. The molecule has 0 radical (unpaired) electrons. The molecule has 0 aliphatic heterocycles. The van der Waals surface area contributed by atoms with Crippen LogP contribution in [-0.4, -0.2) is 27.2 Å². The number of benzene rings is 4. The first kappa shape index (κ1) is 19.9. The van der Waals surface area contributed by atoms with Crippen molar-refractivity contribution in [2.24, 2.45) is 0 Å². The molecule has 5 nitrogen and oxygen atoms in total. The number of carboxylic acid groups (broad SMARTS) is 1. The number of ketones is 2. The topological polar surface area (TPSA) is 76.4 Å². The summed E-state index contributed by atoms with van der Waals surface area (Å²) in [7, 11) is 0. The number of fused-ring (bicyclic) bond motifs is 4. The SMILES string of the molecule is O=C(O)c1ccc2c(c1)C(=O)C(=Cc1ccc3c(c1)c1ccccc1n3-c1ccccc1)C2=O. The Morgan fingerprint density at radius 2 is 1.41 bits per heavy atom. The second-order valence-corrected chi connectivity index (χ2v) is 8.25. The summed E-state index contributed by atoms with van der Waals surface area (Å²) >= 11 is 0. The normalized spacial score (nSPS) is 14.3. The number of carbonyl (C=O) groups is 3. The van der Waals surface area contributed by atoms with Crippen molar-refractivity contribution in [1.29, 1.82) is 0 Å². The van der Waals surface area contributed by atoms with Crippen LogP contribution in [-0.2, 0) is 0 Å². The van der Waals surface area contributed by atoms with Crippen molar-refractivity contribution >= 4 is 45.4 Å². The summed E-state index contributed by atoms with van der Waals surface area (Å²) in [6.45, 7) is 0. The Bertz CT molecular complexity index is 1710. The molecule has 0 atom stereocenters. The van der Waals surface area contributed by atoms with Gasteiger partial charge in [0.05, 0.1) is 22.2 Å². The van der Waals surface area contributed by atoms with Gasteiger partial charge in [-0.3, -0.25) is 9.59 Å². The highest BCUT2D eigenvalue weighted by Gasteiger charge is 2.33. The molecule has 6 rings (SSSR count). The summed E-state index contributed by atoms with van der Waals surface area (Å²) in [5.74, 6) is -1.97. The van der Waals surface area contributed by atoms with Gasteiger partial charge < -0.3 is 9.67 Å². The van der Waals surface area contributed by atoms with Crippen LogP contribution < -0.4 is 0 Å². The van der Waals surface area contributed by atoms with Gasteiger partial charge in [0, 0.05) is 27.6 Å².